The summed E-state index contributed by atoms with van der Waals surface area (Å²) in [6.45, 7) is 3.64. The van der Waals surface area contributed by atoms with Crippen molar-refractivity contribution in [1.82, 2.24) is 20.0 Å². The maximum atomic E-state index is 13.2. The first-order chi connectivity index (χ1) is 16.9. The predicted octanol–water partition coefficient (Wildman–Crippen LogP) is 1.16. The van der Waals surface area contributed by atoms with Crippen LogP contribution in [0.1, 0.15) is 12.5 Å². The predicted molar refractivity (Wildman–Crippen MR) is 121 cm³/mol. The van der Waals surface area contributed by atoms with Gasteiger partial charge in [0.2, 0.25) is 0 Å². The van der Waals surface area contributed by atoms with Crippen molar-refractivity contribution in [3.8, 4) is 0 Å². The lowest BCUT2D eigenvalue weighted by atomic mass is 10.1. The number of allylic oxidation sites excluding steroid dienone is 1. The molecule has 12 heteroatoms. The summed E-state index contributed by atoms with van der Waals surface area (Å²) < 4.78 is 23.7. The fourth-order valence-corrected chi connectivity index (χ4v) is 3.86. The summed E-state index contributed by atoms with van der Waals surface area (Å²) in [4.78, 5) is 47.1. The van der Waals surface area contributed by atoms with E-state index in [1.807, 2.05) is 4.90 Å². The van der Waals surface area contributed by atoms with Gasteiger partial charge in [-0.2, -0.15) is 4.90 Å². The largest absolute Gasteiger partial charge is 0.449 e. The van der Waals surface area contributed by atoms with E-state index in [-0.39, 0.29) is 18.8 Å². The average Bonchev–Trinajstić information content (AvgIpc) is 2.87. The number of nitrogens with one attached hydrogen (secondary N) is 1. The molecule has 1 fully saturated rings. The molecule has 186 valence electrons. The van der Waals surface area contributed by atoms with Crippen molar-refractivity contribution in [3.63, 3.8) is 0 Å². The molecule has 0 spiro atoms. The zero-order chi connectivity index (χ0) is 24.9. The normalized spacial score (nSPS) is 21.6. The first kappa shape index (κ1) is 24.4. The third-order valence-corrected chi connectivity index (χ3v) is 5.62. The van der Waals surface area contributed by atoms with Gasteiger partial charge < -0.3 is 24.8 Å². The number of nitrogens with zero attached hydrogens (tertiary/aromatic N) is 4. The number of halogens is 1. The van der Waals surface area contributed by atoms with Gasteiger partial charge in [0.05, 0.1) is 31.2 Å². The molecule has 0 bridgehead atoms. The van der Waals surface area contributed by atoms with Gasteiger partial charge in [-0.15, -0.1) is 0 Å². The van der Waals surface area contributed by atoms with Crippen LogP contribution in [0.5, 0.6) is 0 Å². The number of carbonyl (C=O) groups excluding carboxylic acids is 3. The molecule has 2 atom stereocenters. The van der Waals surface area contributed by atoms with E-state index in [0.717, 1.165) is 11.1 Å². The molecule has 3 heterocycles. The SMILES string of the molecule is CCOC(=O)N(C(=O)NCc1ccc(F)cc1)C1=CC(N2CCOCC2)=CN2C(=O)C(O)C=NC12. The van der Waals surface area contributed by atoms with Crippen LogP contribution in [-0.2, 0) is 20.8 Å². The highest BCUT2D eigenvalue weighted by Crippen LogP contribution is 2.30. The number of aliphatic imine (C=N–C) groups is 1. The number of benzene rings is 1. The molecule has 0 saturated carbocycles. The lowest BCUT2D eigenvalue weighted by Gasteiger charge is -2.40. The van der Waals surface area contributed by atoms with Gasteiger partial charge in [-0.25, -0.2) is 14.0 Å². The maximum Gasteiger partial charge on any atom is 0.422 e. The first-order valence-corrected chi connectivity index (χ1v) is 11.2. The fourth-order valence-electron chi connectivity index (χ4n) is 3.86. The molecule has 4 amide bonds. The molecule has 1 aromatic carbocycles. The van der Waals surface area contributed by atoms with Crippen molar-refractivity contribution in [3.05, 3.63) is 59.3 Å². The summed E-state index contributed by atoms with van der Waals surface area (Å²) in [5.74, 6) is -1.05. The summed E-state index contributed by atoms with van der Waals surface area (Å²) in [6, 6.07) is 4.74. The molecule has 3 aliphatic rings. The van der Waals surface area contributed by atoms with Crippen molar-refractivity contribution in [2.75, 3.05) is 32.9 Å². The molecule has 2 N–H and O–H groups in total. The van der Waals surface area contributed by atoms with E-state index in [9.17, 15) is 23.9 Å². The second kappa shape index (κ2) is 10.7. The van der Waals surface area contributed by atoms with Crippen molar-refractivity contribution in [1.29, 1.82) is 0 Å². The number of aliphatic hydroxyl groups is 1. The quantitative estimate of drug-likeness (QED) is 0.639. The topological polar surface area (TPSA) is 124 Å². The molecule has 2 unspecified atom stereocenters. The summed E-state index contributed by atoms with van der Waals surface area (Å²) in [5.41, 5.74) is 1.25. The van der Waals surface area contributed by atoms with Crippen LogP contribution in [0.25, 0.3) is 0 Å². The third kappa shape index (κ3) is 5.33. The minimum atomic E-state index is -1.45. The number of rotatable bonds is 5. The number of urea groups is 1. The van der Waals surface area contributed by atoms with E-state index in [0.29, 0.717) is 37.6 Å². The molecule has 11 nitrogen and oxygen atoms in total. The standard InChI is InChI=1S/C23H26FN5O6/c1-2-35-23(33)29(22(32)26-12-15-3-5-16(24)6-4-15)18-11-17(27-7-9-34-10-8-27)14-28-20(18)25-13-19(30)21(28)31/h3-6,11,13-14,19-20,30H,2,7-10,12H2,1H3,(H,26,32). The Bertz CT molecular complexity index is 1070. The molecular formula is C23H26FN5O6. The van der Waals surface area contributed by atoms with Crippen molar-refractivity contribution >= 4 is 24.2 Å². The molecule has 3 aliphatic heterocycles. The average molecular weight is 487 g/mol. The zero-order valence-electron chi connectivity index (χ0n) is 19.1. The van der Waals surface area contributed by atoms with Crippen LogP contribution in [0, 0.1) is 5.82 Å². The second-order valence-electron chi connectivity index (χ2n) is 7.90. The molecule has 0 aromatic heterocycles. The monoisotopic (exact) mass is 487 g/mol. The van der Waals surface area contributed by atoms with E-state index >= 15 is 0 Å². The van der Waals surface area contributed by atoms with Crippen LogP contribution >= 0.6 is 0 Å². The molecule has 0 radical (unpaired) electrons. The summed E-state index contributed by atoms with van der Waals surface area (Å²) in [7, 11) is 0. The van der Waals surface area contributed by atoms with Crippen LogP contribution in [-0.4, -0.2) is 89.2 Å². The van der Waals surface area contributed by atoms with Gasteiger partial charge >= 0.3 is 12.1 Å². The molecule has 0 aliphatic carbocycles. The van der Waals surface area contributed by atoms with Crippen LogP contribution in [0.3, 0.4) is 0 Å². The van der Waals surface area contributed by atoms with Gasteiger partial charge in [-0.1, -0.05) is 12.1 Å². The number of imide groups is 1. The number of morpholine rings is 1. The Labute approximate surface area is 201 Å². The highest BCUT2D eigenvalue weighted by atomic mass is 19.1. The highest BCUT2D eigenvalue weighted by molar-refractivity contribution is 6.00. The number of ether oxygens (including phenoxy) is 2. The van der Waals surface area contributed by atoms with Gasteiger partial charge in [-0.3, -0.25) is 14.7 Å². The number of fused-ring (bicyclic) bond motifs is 1. The maximum absolute atomic E-state index is 13.2. The van der Waals surface area contributed by atoms with Crippen LogP contribution in [0.2, 0.25) is 0 Å². The van der Waals surface area contributed by atoms with Crippen LogP contribution < -0.4 is 5.32 Å². The highest BCUT2D eigenvalue weighted by Gasteiger charge is 2.42. The van der Waals surface area contributed by atoms with Gasteiger partial charge in [0.1, 0.15) is 5.82 Å². The number of amides is 4. The minimum absolute atomic E-state index is 0.00924. The van der Waals surface area contributed by atoms with E-state index < -0.39 is 36.1 Å². The Kier molecular flexibility index (Phi) is 7.42. The number of hydrogen-bond acceptors (Lipinski definition) is 8. The third-order valence-electron chi connectivity index (χ3n) is 5.62. The Hall–Kier alpha value is -3.77. The Morgan fingerprint density at radius 2 is 2.00 bits per heavy atom. The molecule has 35 heavy (non-hydrogen) atoms. The second-order valence-corrected chi connectivity index (χ2v) is 7.90. The van der Waals surface area contributed by atoms with Gasteiger partial charge in [0, 0.05) is 32.0 Å². The van der Waals surface area contributed by atoms with E-state index in [1.165, 1.54) is 29.2 Å². The van der Waals surface area contributed by atoms with Gasteiger partial charge in [0.15, 0.2) is 12.3 Å². The van der Waals surface area contributed by atoms with Gasteiger partial charge in [0.25, 0.3) is 5.91 Å². The zero-order valence-corrected chi connectivity index (χ0v) is 19.1. The fraction of sp³-hybridized carbons (Fsp3) is 0.391. The molecular weight excluding hydrogens is 461 g/mol. The van der Waals surface area contributed by atoms with Crippen molar-refractivity contribution in [2.45, 2.75) is 25.7 Å². The number of aliphatic hydroxyl groups excluding tert-OH is 1. The van der Waals surface area contributed by atoms with Gasteiger partial charge in [-0.05, 0) is 30.7 Å². The van der Waals surface area contributed by atoms with E-state index in [2.05, 4.69) is 10.3 Å². The van der Waals surface area contributed by atoms with E-state index in [4.69, 9.17) is 9.47 Å². The smallest absolute Gasteiger partial charge is 0.422 e. The van der Waals surface area contributed by atoms with Crippen LogP contribution in [0.15, 0.2) is 52.9 Å². The van der Waals surface area contributed by atoms with Crippen LogP contribution in [0.4, 0.5) is 14.0 Å². The Balaban J connectivity index is 1.67. The Morgan fingerprint density at radius 1 is 1.29 bits per heavy atom. The molecule has 4 rings (SSSR count). The lowest BCUT2D eigenvalue weighted by Crippen LogP contribution is -2.55. The number of hydrogen-bond donors (Lipinski definition) is 2. The minimum Gasteiger partial charge on any atom is -0.449 e. The van der Waals surface area contributed by atoms with E-state index in [1.54, 1.807) is 19.2 Å². The number of carbonyl (C=O) groups is 3. The summed E-state index contributed by atoms with van der Waals surface area (Å²) >= 11 is 0. The first-order valence-electron chi connectivity index (χ1n) is 11.2. The summed E-state index contributed by atoms with van der Waals surface area (Å²) in [6.07, 6.45) is 0.759. The van der Waals surface area contributed by atoms with Crippen molar-refractivity contribution < 1.29 is 33.4 Å². The molecule has 1 aromatic rings. The molecule has 1 saturated heterocycles. The summed E-state index contributed by atoms with van der Waals surface area (Å²) in [5, 5.41) is 12.7. The Morgan fingerprint density at radius 3 is 2.69 bits per heavy atom. The van der Waals surface area contributed by atoms with Crippen molar-refractivity contribution in [2.24, 2.45) is 4.99 Å². The lowest BCUT2D eigenvalue weighted by molar-refractivity contribution is -0.136.